The molecule has 0 bridgehead atoms. The van der Waals surface area contributed by atoms with E-state index in [-0.39, 0.29) is 16.3 Å². The minimum absolute atomic E-state index is 0.0128. The van der Waals surface area contributed by atoms with E-state index in [1.807, 2.05) is 36.4 Å². The number of fused-ring (bicyclic) bond motifs is 1. The number of methoxy groups -OCH3 is 1. The van der Waals surface area contributed by atoms with Gasteiger partial charge in [0.2, 0.25) is 5.91 Å². The van der Waals surface area contributed by atoms with Crippen LogP contribution in [0.5, 0.6) is 11.5 Å². The van der Waals surface area contributed by atoms with Crippen LogP contribution < -0.4 is 14.8 Å². The first-order chi connectivity index (χ1) is 20.9. The molecule has 3 amide bonds. The lowest BCUT2D eigenvalue weighted by molar-refractivity contribution is -0.137. The van der Waals surface area contributed by atoms with Gasteiger partial charge in [-0.2, -0.15) is 13.2 Å². The highest BCUT2D eigenvalue weighted by atomic mass is 79.9. The number of hydrogen-bond donors (Lipinski definition) is 1. The molecule has 0 spiro atoms. The van der Waals surface area contributed by atoms with Gasteiger partial charge in [0, 0.05) is 0 Å². The van der Waals surface area contributed by atoms with Gasteiger partial charge in [-0.1, -0.05) is 36.4 Å². The first kappa shape index (κ1) is 31.6. The molecule has 0 saturated carbocycles. The summed E-state index contributed by atoms with van der Waals surface area (Å²) < 4.78 is 51.7. The van der Waals surface area contributed by atoms with Crippen LogP contribution in [0.2, 0.25) is 0 Å². The molecule has 1 aliphatic heterocycles. The number of halogens is 5. The Bertz CT molecular complexity index is 1810. The highest BCUT2D eigenvalue weighted by Crippen LogP contribution is 2.39. The maximum absolute atomic E-state index is 13.1. The Morgan fingerprint density at radius 2 is 1.68 bits per heavy atom. The second-order valence-corrected chi connectivity index (χ2v) is 12.2. The molecule has 0 aromatic heterocycles. The van der Waals surface area contributed by atoms with Gasteiger partial charge < -0.3 is 14.8 Å². The summed E-state index contributed by atoms with van der Waals surface area (Å²) in [5, 5.41) is 3.83. The highest BCUT2D eigenvalue weighted by molar-refractivity contribution is 9.11. The average Bonchev–Trinajstić information content (AvgIpc) is 3.23. The van der Waals surface area contributed by atoms with Gasteiger partial charge >= 0.3 is 6.18 Å². The minimum Gasteiger partial charge on any atom is -0.495 e. The Labute approximate surface area is 270 Å². The van der Waals surface area contributed by atoms with Crippen LogP contribution in [-0.2, 0) is 22.4 Å². The fourth-order valence-electron chi connectivity index (χ4n) is 4.39. The summed E-state index contributed by atoms with van der Waals surface area (Å²) in [4.78, 5) is 39.1. The molecule has 1 fully saturated rings. The van der Waals surface area contributed by atoms with Gasteiger partial charge in [0.25, 0.3) is 11.1 Å². The van der Waals surface area contributed by atoms with E-state index in [2.05, 4.69) is 43.2 Å². The van der Waals surface area contributed by atoms with Crippen molar-refractivity contribution >= 4 is 83.2 Å². The van der Waals surface area contributed by atoms with Gasteiger partial charge in [0.05, 0.1) is 32.2 Å². The predicted octanol–water partition coefficient (Wildman–Crippen LogP) is 8.65. The molecule has 226 valence electrons. The van der Waals surface area contributed by atoms with Gasteiger partial charge in [-0.3, -0.25) is 19.3 Å². The first-order valence-corrected chi connectivity index (χ1v) is 15.2. The van der Waals surface area contributed by atoms with E-state index in [0.717, 1.165) is 39.4 Å². The molecule has 5 rings (SSSR count). The molecule has 44 heavy (non-hydrogen) atoms. The molecule has 1 N–H and O–H groups in total. The van der Waals surface area contributed by atoms with E-state index in [4.69, 9.17) is 9.47 Å². The molecular weight excluding hydrogens is 729 g/mol. The van der Waals surface area contributed by atoms with Gasteiger partial charge in [0.1, 0.15) is 24.7 Å². The van der Waals surface area contributed by atoms with E-state index in [0.29, 0.717) is 38.6 Å². The Balaban J connectivity index is 1.26. The zero-order chi connectivity index (χ0) is 31.6. The van der Waals surface area contributed by atoms with Crippen molar-refractivity contribution in [2.75, 3.05) is 19.0 Å². The van der Waals surface area contributed by atoms with Crippen molar-refractivity contribution in [3.8, 4) is 11.5 Å². The molecule has 0 aliphatic carbocycles. The topological polar surface area (TPSA) is 84.9 Å². The smallest absolute Gasteiger partial charge is 0.416 e. The third-order valence-corrected chi connectivity index (χ3v) is 8.58. The summed E-state index contributed by atoms with van der Waals surface area (Å²) in [5.41, 5.74) is 0.318. The van der Waals surface area contributed by atoms with Crippen LogP contribution in [0, 0.1) is 0 Å². The number of rotatable bonds is 8. The summed E-state index contributed by atoms with van der Waals surface area (Å²) in [6.45, 7) is -0.384. The largest absolute Gasteiger partial charge is 0.495 e. The number of imide groups is 1. The highest BCUT2D eigenvalue weighted by Gasteiger charge is 2.37. The maximum Gasteiger partial charge on any atom is 0.416 e. The summed E-state index contributed by atoms with van der Waals surface area (Å²) in [6, 6.07) is 20.1. The Morgan fingerprint density at radius 3 is 2.36 bits per heavy atom. The van der Waals surface area contributed by atoms with Crippen LogP contribution in [0.3, 0.4) is 0 Å². The molecule has 1 saturated heterocycles. The van der Waals surface area contributed by atoms with Crippen LogP contribution in [-0.4, -0.2) is 35.6 Å². The molecule has 7 nitrogen and oxygen atoms in total. The van der Waals surface area contributed by atoms with Crippen LogP contribution in [0.15, 0.2) is 86.6 Å². The van der Waals surface area contributed by atoms with Crippen LogP contribution in [0.4, 0.5) is 23.7 Å². The lowest BCUT2D eigenvalue weighted by Crippen LogP contribution is -2.36. The Morgan fingerprint density at radius 1 is 0.977 bits per heavy atom. The number of thioether (sulfide) groups is 1. The molecule has 0 atom stereocenters. The third-order valence-electron chi connectivity index (χ3n) is 6.49. The van der Waals surface area contributed by atoms with E-state index in [9.17, 15) is 27.6 Å². The van der Waals surface area contributed by atoms with Crippen LogP contribution in [0.1, 0.15) is 16.7 Å². The van der Waals surface area contributed by atoms with Crippen LogP contribution in [0.25, 0.3) is 16.8 Å². The standard InChI is InChI=1S/C31H21Br2F3N2O5S/c1-42-25-9-8-21(31(34,35)36)14-24(25)37-27(39)15-38-29(40)26(44-30(38)41)13-18-11-22(32)28(23(33)12-18)43-16-17-6-7-19-4-2-3-5-20(19)10-17/h2-14H,15-16H2,1H3,(H,37,39)/b26-13-. The molecule has 1 heterocycles. The predicted molar refractivity (Wildman–Crippen MR) is 169 cm³/mol. The molecule has 4 aromatic carbocycles. The fraction of sp³-hybridized carbons (Fsp3) is 0.129. The van der Waals surface area contributed by atoms with Crippen molar-refractivity contribution in [3.05, 3.63) is 103 Å². The number of alkyl halides is 3. The summed E-state index contributed by atoms with van der Waals surface area (Å²) >= 11 is 7.66. The number of nitrogens with zero attached hydrogens (tertiary/aromatic N) is 1. The summed E-state index contributed by atoms with van der Waals surface area (Å²) in [5.74, 6) is -1.05. The lowest BCUT2D eigenvalue weighted by atomic mass is 10.1. The number of amides is 3. The zero-order valence-electron chi connectivity index (χ0n) is 22.7. The second-order valence-electron chi connectivity index (χ2n) is 9.51. The molecule has 13 heteroatoms. The molecule has 0 unspecified atom stereocenters. The van der Waals surface area contributed by atoms with Crippen molar-refractivity contribution in [2.24, 2.45) is 0 Å². The number of nitrogens with one attached hydrogen (secondary N) is 1. The van der Waals surface area contributed by atoms with Crippen molar-refractivity contribution in [1.82, 2.24) is 4.90 Å². The number of carbonyl (C=O) groups is 3. The van der Waals surface area contributed by atoms with E-state index >= 15 is 0 Å². The first-order valence-electron chi connectivity index (χ1n) is 12.8. The quantitative estimate of drug-likeness (QED) is 0.182. The number of anilines is 1. The Hall–Kier alpha value is -3.81. The molecule has 0 radical (unpaired) electrons. The number of hydrogen-bond acceptors (Lipinski definition) is 6. The van der Waals surface area contributed by atoms with Gasteiger partial charge in [-0.25, -0.2) is 0 Å². The minimum atomic E-state index is -4.64. The van der Waals surface area contributed by atoms with Crippen molar-refractivity contribution in [1.29, 1.82) is 0 Å². The molecular formula is C31H21Br2F3N2O5S. The monoisotopic (exact) mass is 748 g/mol. The van der Waals surface area contributed by atoms with Gasteiger partial charge in [-0.15, -0.1) is 0 Å². The van der Waals surface area contributed by atoms with Gasteiger partial charge in [0.15, 0.2) is 0 Å². The SMILES string of the molecule is COc1ccc(C(F)(F)F)cc1NC(=O)CN1C(=O)S/C(=C\c2cc(Br)c(OCc3ccc4ccccc4c3)c(Br)c2)C1=O. The normalized spacial score (nSPS) is 14.4. The number of carbonyl (C=O) groups excluding carboxylic acids is 3. The average molecular weight is 750 g/mol. The lowest BCUT2D eigenvalue weighted by Gasteiger charge is -2.16. The summed E-state index contributed by atoms with van der Waals surface area (Å²) in [6.07, 6.45) is -3.14. The van der Waals surface area contributed by atoms with Crippen molar-refractivity contribution in [3.63, 3.8) is 0 Å². The van der Waals surface area contributed by atoms with E-state index in [1.54, 1.807) is 12.1 Å². The van der Waals surface area contributed by atoms with Crippen molar-refractivity contribution < 1.29 is 37.0 Å². The molecule has 4 aromatic rings. The molecule has 1 aliphatic rings. The number of benzene rings is 4. The number of ether oxygens (including phenoxy) is 2. The maximum atomic E-state index is 13.1. The van der Waals surface area contributed by atoms with Gasteiger partial charge in [-0.05, 0) is 108 Å². The Kier molecular flexibility index (Phi) is 9.37. The second kappa shape index (κ2) is 13.0. The zero-order valence-corrected chi connectivity index (χ0v) is 26.7. The van der Waals surface area contributed by atoms with Crippen molar-refractivity contribution in [2.45, 2.75) is 12.8 Å². The third kappa shape index (κ3) is 7.11. The van der Waals surface area contributed by atoms with E-state index < -0.39 is 35.3 Å². The van der Waals surface area contributed by atoms with E-state index in [1.165, 1.54) is 13.2 Å². The summed E-state index contributed by atoms with van der Waals surface area (Å²) in [7, 11) is 1.24. The van der Waals surface area contributed by atoms with Crippen LogP contribution >= 0.6 is 43.6 Å². The fourth-order valence-corrected chi connectivity index (χ4v) is 6.68.